The summed E-state index contributed by atoms with van der Waals surface area (Å²) in [5.74, 6) is -0.878. The molecular formula is C10H18N2O3. The maximum absolute atomic E-state index is 11.2. The second kappa shape index (κ2) is 5.11. The summed E-state index contributed by atoms with van der Waals surface area (Å²) in [7, 11) is 0. The Labute approximate surface area is 89.0 Å². The van der Waals surface area contributed by atoms with Crippen LogP contribution in [0.25, 0.3) is 0 Å². The molecule has 0 aromatic carbocycles. The lowest BCUT2D eigenvalue weighted by atomic mass is 9.66. The topological polar surface area (TPSA) is 92.4 Å². The van der Waals surface area contributed by atoms with Gasteiger partial charge in [0.2, 0.25) is 5.91 Å². The number of carboxylic acids is 1. The average Bonchev–Trinajstić information content (AvgIpc) is 2.09. The Hall–Kier alpha value is -1.10. The summed E-state index contributed by atoms with van der Waals surface area (Å²) in [5.41, 5.74) is 5.04. The van der Waals surface area contributed by atoms with E-state index < -0.39 is 5.97 Å². The van der Waals surface area contributed by atoms with Gasteiger partial charge in [0.05, 0.1) is 6.42 Å². The van der Waals surface area contributed by atoms with E-state index in [1.165, 1.54) is 0 Å². The van der Waals surface area contributed by atoms with E-state index in [2.05, 4.69) is 5.32 Å². The molecule has 0 aromatic heterocycles. The van der Waals surface area contributed by atoms with E-state index in [-0.39, 0.29) is 17.7 Å². The third-order valence-electron chi connectivity index (χ3n) is 2.97. The number of rotatable bonds is 6. The van der Waals surface area contributed by atoms with Crippen molar-refractivity contribution < 1.29 is 14.7 Å². The van der Waals surface area contributed by atoms with Gasteiger partial charge in [0.1, 0.15) is 0 Å². The molecule has 4 N–H and O–H groups in total. The van der Waals surface area contributed by atoms with Crippen LogP contribution in [0.2, 0.25) is 0 Å². The van der Waals surface area contributed by atoms with E-state index in [0.29, 0.717) is 19.5 Å². The molecule has 5 heteroatoms. The molecule has 0 aliphatic heterocycles. The van der Waals surface area contributed by atoms with Crippen molar-refractivity contribution in [1.82, 2.24) is 5.32 Å². The van der Waals surface area contributed by atoms with E-state index in [0.717, 1.165) is 19.3 Å². The van der Waals surface area contributed by atoms with E-state index >= 15 is 0 Å². The number of amides is 1. The molecule has 1 rings (SSSR count). The Bertz CT molecular complexity index is 249. The smallest absolute Gasteiger partial charge is 0.303 e. The van der Waals surface area contributed by atoms with Crippen LogP contribution in [0, 0.1) is 5.41 Å². The molecule has 1 fully saturated rings. The number of carboxylic acid groups (broad SMARTS) is 1. The molecule has 0 aromatic rings. The molecule has 0 spiro atoms. The first-order valence-electron chi connectivity index (χ1n) is 5.26. The highest BCUT2D eigenvalue weighted by Crippen LogP contribution is 2.43. The third kappa shape index (κ3) is 3.51. The first kappa shape index (κ1) is 12.0. The summed E-state index contributed by atoms with van der Waals surface area (Å²) in [6.45, 7) is 0.801. The highest BCUT2D eigenvalue weighted by molar-refractivity contribution is 5.76. The Balaban J connectivity index is 2.33. The van der Waals surface area contributed by atoms with Crippen LogP contribution in [0.3, 0.4) is 0 Å². The quantitative estimate of drug-likeness (QED) is 0.584. The van der Waals surface area contributed by atoms with Crippen LogP contribution in [-0.2, 0) is 9.59 Å². The van der Waals surface area contributed by atoms with Crippen molar-refractivity contribution in [3.8, 4) is 0 Å². The lowest BCUT2D eigenvalue weighted by Gasteiger charge is -2.40. The highest BCUT2D eigenvalue weighted by atomic mass is 16.4. The van der Waals surface area contributed by atoms with E-state index in [1.54, 1.807) is 0 Å². The summed E-state index contributed by atoms with van der Waals surface area (Å²) in [5, 5.41) is 11.5. The van der Waals surface area contributed by atoms with Gasteiger partial charge in [-0.2, -0.15) is 0 Å². The standard InChI is InChI=1S/C10H18N2O3/c11-5-2-8(13)12-7-10(3-1-4-10)6-9(14)15/h1-7,11H2,(H,12,13)(H,14,15). The van der Waals surface area contributed by atoms with Crippen LogP contribution in [0.15, 0.2) is 0 Å². The molecule has 1 saturated carbocycles. The van der Waals surface area contributed by atoms with E-state index in [1.807, 2.05) is 0 Å². The van der Waals surface area contributed by atoms with Crippen molar-refractivity contribution in [2.45, 2.75) is 32.1 Å². The molecule has 1 aliphatic carbocycles. The van der Waals surface area contributed by atoms with Gasteiger partial charge in [0.25, 0.3) is 0 Å². The van der Waals surface area contributed by atoms with E-state index in [4.69, 9.17) is 10.8 Å². The largest absolute Gasteiger partial charge is 0.481 e. The fourth-order valence-electron chi connectivity index (χ4n) is 1.92. The SMILES string of the molecule is NCCC(=O)NCC1(CC(=O)O)CCC1. The predicted octanol–water partition coefficient (Wildman–Crippen LogP) is 0.0964. The summed E-state index contributed by atoms with van der Waals surface area (Å²) in [6, 6.07) is 0. The lowest BCUT2D eigenvalue weighted by Crippen LogP contribution is -2.43. The van der Waals surface area contributed by atoms with Gasteiger partial charge in [-0.1, -0.05) is 6.42 Å². The second-order valence-electron chi connectivity index (χ2n) is 4.24. The van der Waals surface area contributed by atoms with Gasteiger partial charge in [-0.3, -0.25) is 9.59 Å². The molecular weight excluding hydrogens is 196 g/mol. The first-order chi connectivity index (χ1) is 7.08. The Kier molecular flexibility index (Phi) is 4.08. The molecule has 0 saturated heterocycles. The minimum atomic E-state index is -0.789. The van der Waals surface area contributed by atoms with Crippen molar-refractivity contribution in [2.24, 2.45) is 11.1 Å². The average molecular weight is 214 g/mol. The van der Waals surface area contributed by atoms with Crippen LogP contribution >= 0.6 is 0 Å². The van der Waals surface area contributed by atoms with Crippen LogP contribution < -0.4 is 11.1 Å². The number of hydrogen-bond donors (Lipinski definition) is 3. The molecule has 0 radical (unpaired) electrons. The molecule has 0 unspecified atom stereocenters. The number of carbonyl (C=O) groups is 2. The number of nitrogens with two attached hydrogens (primary N) is 1. The molecule has 5 nitrogen and oxygen atoms in total. The first-order valence-corrected chi connectivity index (χ1v) is 5.26. The van der Waals surface area contributed by atoms with E-state index in [9.17, 15) is 9.59 Å². The van der Waals surface area contributed by atoms with Crippen LogP contribution in [0.5, 0.6) is 0 Å². The van der Waals surface area contributed by atoms with Gasteiger partial charge in [-0.15, -0.1) is 0 Å². The van der Waals surface area contributed by atoms with Crippen molar-refractivity contribution in [3.05, 3.63) is 0 Å². The Morgan fingerprint density at radius 3 is 2.47 bits per heavy atom. The van der Waals surface area contributed by atoms with Crippen molar-refractivity contribution >= 4 is 11.9 Å². The van der Waals surface area contributed by atoms with Crippen molar-refractivity contribution in [3.63, 3.8) is 0 Å². The zero-order valence-electron chi connectivity index (χ0n) is 8.79. The zero-order chi connectivity index (χ0) is 11.3. The molecule has 0 atom stereocenters. The fourth-order valence-corrected chi connectivity index (χ4v) is 1.92. The van der Waals surface area contributed by atoms with Gasteiger partial charge in [0, 0.05) is 19.5 Å². The summed E-state index contributed by atoms with van der Waals surface area (Å²) < 4.78 is 0. The minimum Gasteiger partial charge on any atom is -0.481 e. The minimum absolute atomic E-state index is 0.0887. The summed E-state index contributed by atoms with van der Waals surface area (Å²) >= 11 is 0. The van der Waals surface area contributed by atoms with Gasteiger partial charge in [-0.25, -0.2) is 0 Å². The van der Waals surface area contributed by atoms with Gasteiger partial charge >= 0.3 is 5.97 Å². The second-order valence-corrected chi connectivity index (χ2v) is 4.24. The summed E-state index contributed by atoms with van der Waals surface area (Å²) in [4.78, 5) is 21.8. The van der Waals surface area contributed by atoms with Crippen LogP contribution in [0.1, 0.15) is 32.1 Å². The number of aliphatic carboxylic acids is 1. The number of carbonyl (C=O) groups excluding carboxylic acids is 1. The number of nitrogens with one attached hydrogen (secondary N) is 1. The van der Waals surface area contributed by atoms with Gasteiger partial charge in [0.15, 0.2) is 0 Å². The Morgan fingerprint density at radius 1 is 1.40 bits per heavy atom. The molecule has 1 aliphatic rings. The Morgan fingerprint density at radius 2 is 2.07 bits per heavy atom. The molecule has 86 valence electrons. The number of hydrogen-bond acceptors (Lipinski definition) is 3. The lowest BCUT2D eigenvalue weighted by molar-refractivity contribution is -0.141. The van der Waals surface area contributed by atoms with Gasteiger partial charge < -0.3 is 16.2 Å². The maximum Gasteiger partial charge on any atom is 0.303 e. The predicted molar refractivity (Wildman–Crippen MR) is 55.2 cm³/mol. The molecule has 15 heavy (non-hydrogen) atoms. The zero-order valence-corrected chi connectivity index (χ0v) is 8.79. The van der Waals surface area contributed by atoms with Crippen LogP contribution in [-0.4, -0.2) is 30.1 Å². The highest BCUT2D eigenvalue weighted by Gasteiger charge is 2.39. The molecule has 0 heterocycles. The van der Waals surface area contributed by atoms with Crippen molar-refractivity contribution in [1.29, 1.82) is 0 Å². The molecule has 1 amide bonds. The summed E-state index contributed by atoms with van der Waals surface area (Å²) in [6.07, 6.45) is 3.30. The van der Waals surface area contributed by atoms with Crippen molar-refractivity contribution in [2.75, 3.05) is 13.1 Å². The monoisotopic (exact) mass is 214 g/mol. The fraction of sp³-hybridized carbons (Fsp3) is 0.800. The van der Waals surface area contributed by atoms with Gasteiger partial charge in [-0.05, 0) is 18.3 Å². The maximum atomic E-state index is 11.2. The normalized spacial score (nSPS) is 17.9. The molecule has 0 bridgehead atoms. The van der Waals surface area contributed by atoms with Crippen LogP contribution in [0.4, 0.5) is 0 Å². The third-order valence-corrected chi connectivity index (χ3v) is 2.97.